The largest absolute Gasteiger partial charge is 0.489 e. The van der Waals surface area contributed by atoms with Crippen molar-refractivity contribution in [1.29, 1.82) is 0 Å². The van der Waals surface area contributed by atoms with Gasteiger partial charge in [-0.15, -0.1) is 0 Å². The molecule has 2 aliphatic rings. The summed E-state index contributed by atoms with van der Waals surface area (Å²) in [5.41, 5.74) is 1.82. The lowest BCUT2D eigenvalue weighted by molar-refractivity contribution is -0.862. The van der Waals surface area contributed by atoms with Gasteiger partial charge in [0.2, 0.25) is 0 Å². The smallest absolute Gasteiger partial charge is 0.282 e. The van der Waals surface area contributed by atoms with Crippen LogP contribution in [-0.2, 0) is 9.59 Å². The summed E-state index contributed by atoms with van der Waals surface area (Å²) in [6, 6.07) is 17.7. The fourth-order valence-electron chi connectivity index (χ4n) is 3.60. The molecule has 0 saturated heterocycles. The van der Waals surface area contributed by atoms with Crippen molar-refractivity contribution in [2.45, 2.75) is 24.9 Å². The number of carbonyl (C=O) groups excluding carboxylic acids is 2. The number of quaternary nitrogens is 1. The minimum atomic E-state index is -0.184. The molecule has 0 bridgehead atoms. The molecule has 1 saturated carbocycles. The van der Waals surface area contributed by atoms with Crippen molar-refractivity contribution in [1.82, 2.24) is 5.32 Å². The van der Waals surface area contributed by atoms with Gasteiger partial charge in [0.25, 0.3) is 11.8 Å². The van der Waals surface area contributed by atoms with E-state index in [1.807, 2.05) is 66.5 Å². The van der Waals surface area contributed by atoms with Gasteiger partial charge in [-0.25, -0.2) is 0 Å². The molecule has 1 aliphatic heterocycles. The van der Waals surface area contributed by atoms with E-state index in [-0.39, 0.29) is 24.4 Å². The number of rotatable bonds is 6. The number of anilines is 1. The van der Waals surface area contributed by atoms with Crippen LogP contribution in [0.25, 0.3) is 0 Å². The first-order valence-corrected chi connectivity index (χ1v) is 9.81. The summed E-state index contributed by atoms with van der Waals surface area (Å²) in [7, 11) is 1.88. The van der Waals surface area contributed by atoms with E-state index in [1.54, 1.807) is 0 Å². The number of nitrogens with one attached hydrogen (secondary N) is 2. The maximum atomic E-state index is 13.3. The lowest BCUT2D eigenvalue weighted by Crippen LogP contribution is -3.11. The zero-order valence-electron chi connectivity index (χ0n) is 16.1. The molecule has 2 atom stereocenters. The third-order valence-electron chi connectivity index (χ3n) is 5.14. The number of amides is 2. The Morgan fingerprint density at radius 1 is 1.07 bits per heavy atom. The molecule has 2 N–H and O–H groups in total. The van der Waals surface area contributed by atoms with Gasteiger partial charge < -0.3 is 15.0 Å². The van der Waals surface area contributed by atoms with Gasteiger partial charge in [0.05, 0.1) is 18.8 Å². The summed E-state index contributed by atoms with van der Waals surface area (Å²) in [4.78, 5) is 28.1. The van der Waals surface area contributed by atoms with E-state index < -0.39 is 0 Å². The fraction of sp³-hybridized carbons (Fsp3) is 0.364. The lowest BCUT2D eigenvalue weighted by Gasteiger charge is -2.37. The van der Waals surface area contributed by atoms with Crippen LogP contribution in [-0.4, -0.2) is 44.6 Å². The topological polar surface area (TPSA) is 63.1 Å². The van der Waals surface area contributed by atoms with Crippen LogP contribution in [0, 0.1) is 0 Å². The monoisotopic (exact) mass is 380 g/mol. The number of fused-ring (bicyclic) bond motifs is 1. The number of benzene rings is 2. The van der Waals surface area contributed by atoms with Crippen molar-refractivity contribution in [2.75, 3.05) is 31.6 Å². The molecule has 6 nitrogen and oxygen atoms in total. The second-order valence-electron chi connectivity index (χ2n) is 7.62. The predicted molar refractivity (Wildman–Crippen MR) is 106 cm³/mol. The summed E-state index contributed by atoms with van der Waals surface area (Å²) >= 11 is 0. The average molecular weight is 380 g/mol. The van der Waals surface area contributed by atoms with Crippen LogP contribution in [0.15, 0.2) is 54.6 Å². The summed E-state index contributed by atoms with van der Waals surface area (Å²) in [6.07, 6.45) is 2.13. The molecule has 0 radical (unpaired) electrons. The molecule has 2 aromatic rings. The number of nitrogens with zero attached hydrogens (tertiary/aromatic N) is 1. The number of para-hydroxylation sites is 2. The molecule has 1 unspecified atom stereocenters. The zero-order valence-corrected chi connectivity index (χ0v) is 16.1. The third-order valence-corrected chi connectivity index (χ3v) is 5.14. The first-order chi connectivity index (χ1) is 13.6. The van der Waals surface area contributed by atoms with Crippen molar-refractivity contribution >= 4 is 17.5 Å². The average Bonchev–Trinajstić information content (AvgIpc) is 3.51. The second-order valence-corrected chi connectivity index (χ2v) is 7.62. The molecule has 2 aromatic carbocycles. The molecule has 1 heterocycles. The first kappa shape index (κ1) is 18.5. The van der Waals surface area contributed by atoms with Crippen molar-refractivity contribution in [2.24, 2.45) is 0 Å². The Morgan fingerprint density at radius 2 is 1.79 bits per heavy atom. The Kier molecular flexibility index (Phi) is 5.30. The Morgan fingerprint density at radius 3 is 2.54 bits per heavy atom. The fourth-order valence-corrected chi connectivity index (χ4v) is 3.60. The van der Waals surface area contributed by atoms with E-state index >= 15 is 0 Å². The van der Waals surface area contributed by atoms with Gasteiger partial charge in [-0.2, -0.15) is 0 Å². The summed E-state index contributed by atoms with van der Waals surface area (Å²) in [6.45, 7) is 0.952. The van der Waals surface area contributed by atoms with Crippen LogP contribution in [0.3, 0.4) is 0 Å². The van der Waals surface area contributed by atoms with Crippen LogP contribution in [0.5, 0.6) is 5.75 Å². The Balaban J connectivity index is 1.52. The van der Waals surface area contributed by atoms with Crippen LogP contribution in [0.1, 0.15) is 24.4 Å². The van der Waals surface area contributed by atoms with Crippen LogP contribution >= 0.6 is 0 Å². The zero-order chi connectivity index (χ0) is 19.5. The van der Waals surface area contributed by atoms with Crippen molar-refractivity contribution in [3.8, 4) is 5.75 Å². The summed E-state index contributed by atoms with van der Waals surface area (Å²) < 4.78 is 5.93. The van der Waals surface area contributed by atoms with E-state index in [2.05, 4.69) is 5.32 Å². The minimum Gasteiger partial charge on any atom is -0.489 e. The van der Waals surface area contributed by atoms with Crippen LogP contribution in [0.4, 0.5) is 5.69 Å². The van der Waals surface area contributed by atoms with Gasteiger partial charge >= 0.3 is 0 Å². The molecule has 1 fully saturated rings. The highest BCUT2D eigenvalue weighted by Gasteiger charge is 2.35. The molecule has 6 heteroatoms. The van der Waals surface area contributed by atoms with Gasteiger partial charge in [0.15, 0.2) is 13.1 Å². The van der Waals surface area contributed by atoms with E-state index in [0.717, 1.165) is 29.0 Å². The highest BCUT2D eigenvalue weighted by molar-refractivity contribution is 5.97. The molecule has 146 valence electrons. The molecular weight excluding hydrogens is 354 g/mol. The van der Waals surface area contributed by atoms with E-state index in [4.69, 9.17) is 4.74 Å². The molecular formula is C22H26N3O3+. The second kappa shape index (κ2) is 8.02. The maximum Gasteiger partial charge on any atom is 0.282 e. The SMILES string of the molecule is C[NH+](CC(=O)NC1CC1)CC(=O)N1c2ccccc2OC[C@H]1c1ccccc1. The molecule has 28 heavy (non-hydrogen) atoms. The van der Waals surface area contributed by atoms with Gasteiger partial charge in [-0.05, 0) is 30.5 Å². The standard InChI is InChI=1S/C22H25N3O3/c1-24(13-21(26)23-17-11-12-17)14-22(27)25-18-9-5-6-10-20(18)28-15-19(25)16-7-3-2-4-8-16/h2-10,17,19H,11-15H2,1H3,(H,23,26)/p+1/t19-/m0/s1. The van der Waals surface area contributed by atoms with Crippen LogP contribution in [0.2, 0.25) is 0 Å². The quantitative estimate of drug-likeness (QED) is 0.784. The minimum absolute atomic E-state index is 0.00906. The Hall–Kier alpha value is -2.86. The number of hydrogen-bond acceptors (Lipinski definition) is 3. The molecule has 1 aliphatic carbocycles. The van der Waals surface area contributed by atoms with Crippen molar-refractivity contribution in [3.05, 3.63) is 60.2 Å². The first-order valence-electron chi connectivity index (χ1n) is 9.81. The van der Waals surface area contributed by atoms with Gasteiger partial charge in [0.1, 0.15) is 12.4 Å². The lowest BCUT2D eigenvalue weighted by atomic mass is 10.0. The van der Waals surface area contributed by atoms with Gasteiger partial charge in [-0.1, -0.05) is 42.5 Å². The van der Waals surface area contributed by atoms with E-state index in [1.165, 1.54) is 0 Å². The van der Waals surface area contributed by atoms with Gasteiger partial charge in [0, 0.05) is 6.04 Å². The molecule has 2 amide bonds. The normalized spacial score (nSPS) is 19.3. The maximum absolute atomic E-state index is 13.3. The summed E-state index contributed by atoms with van der Waals surface area (Å²) in [5.74, 6) is 0.711. The third kappa shape index (κ3) is 4.17. The van der Waals surface area contributed by atoms with E-state index in [9.17, 15) is 9.59 Å². The Bertz CT molecular complexity index is 851. The highest BCUT2D eigenvalue weighted by atomic mass is 16.5. The van der Waals surface area contributed by atoms with Crippen molar-refractivity contribution < 1.29 is 19.2 Å². The molecule has 0 spiro atoms. The summed E-state index contributed by atoms with van der Waals surface area (Å²) in [5, 5.41) is 2.98. The number of likely N-dealkylation sites (N-methyl/N-ethyl adjacent to an activating group) is 1. The number of ether oxygens (including phenoxy) is 1. The van der Waals surface area contributed by atoms with Crippen LogP contribution < -0.4 is 19.9 Å². The predicted octanol–water partition coefficient (Wildman–Crippen LogP) is 0.947. The van der Waals surface area contributed by atoms with Crippen molar-refractivity contribution in [3.63, 3.8) is 0 Å². The number of carbonyl (C=O) groups is 2. The van der Waals surface area contributed by atoms with Gasteiger partial charge in [-0.3, -0.25) is 14.5 Å². The Labute approximate surface area is 165 Å². The highest BCUT2D eigenvalue weighted by Crippen LogP contribution is 2.39. The van der Waals surface area contributed by atoms with E-state index in [0.29, 0.717) is 24.9 Å². The molecule has 0 aromatic heterocycles. The molecule has 4 rings (SSSR count). The number of hydrogen-bond donors (Lipinski definition) is 2.